The molecule has 80 valence electrons. The molecule has 0 fully saturated rings. The van der Waals surface area contributed by atoms with Gasteiger partial charge in [-0.05, 0) is 13.8 Å². The minimum absolute atomic E-state index is 0.00887. The summed E-state index contributed by atoms with van der Waals surface area (Å²) in [4.78, 5) is 13.3. The molecule has 0 radical (unpaired) electrons. The second-order valence-electron chi connectivity index (χ2n) is 3.15. The van der Waals surface area contributed by atoms with Crippen LogP contribution in [-0.4, -0.2) is 19.9 Å². The summed E-state index contributed by atoms with van der Waals surface area (Å²) in [6, 6.07) is 0. The molecular weight excluding hydrogens is 209 g/mol. The predicted molar refractivity (Wildman–Crippen MR) is 46.2 cm³/mol. The van der Waals surface area contributed by atoms with Crippen molar-refractivity contribution in [1.29, 1.82) is 0 Å². The maximum atomic E-state index is 12.3. The summed E-state index contributed by atoms with van der Waals surface area (Å²) in [5, 5.41) is 0. The van der Waals surface area contributed by atoms with Crippen LogP contribution in [0.15, 0.2) is 0 Å². The van der Waals surface area contributed by atoms with E-state index < -0.39 is 12.0 Å². The Morgan fingerprint density at radius 3 is 2.20 bits per heavy atom. The highest BCUT2D eigenvalue weighted by molar-refractivity contribution is 5.65. The third-order valence-electron chi connectivity index (χ3n) is 2.01. The van der Waals surface area contributed by atoms with E-state index in [9.17, 15) is 13.2 Å². The molecule has 0 atom stereocenters. The standard InChI is InChI=1S/C8H7F3N4/c1-3-4(2)13-6-5(12-3)14-7(15-6)8(9,10)11/h1-2H3,(H,12,13,14,15). The van der Waals surface area contributed by atoms with Crippen LogP contribution in [-0.2, 0) is 6.18 Å². The zero-order chi connectivity index (χ0) is 11.2. The first-order valence-electron chi connectivity index (χ1n) is 4.16. The van der Waals surface area contributed by atoms with Crippen LogP contribution in [0.2, 0.25) is 0 Å². The van der Waals surface area contributed by atoms with Gasteiger partial charge in [0.1, 0.15) is 0 Å². The fourth-order valence-electron chi connectivity index (χ4n) is 1.13. The Morgan fingerprint density at radius 1 is 1.00 bits per heavy atom. The zero-order valence-corrected chi connectivity index (χ0v) is 7.98. The van der Waals surface area contributed by atoms with Crippen LogP contribution in [0.4, 0.5) is 13.2 Å². The number of hydrogen-bond acceptors (Lipinski definition) is 3. The average Bonchev–Trinajstić information content (AvgIpc) is 2.47. The van der Waals surface area contributed by atoms with E-state index in [2.05, 4.69) is 19.9 Å². The molecule has 0 bridgehead atoms. The Morgan fingerprint density at radius 2 is 1.60 bits per heavy atom. The summed E-state index contributed by atoms with van der Waals surface area (Å²) in [5.74, 6) is -1.07. The van der Waals surface area contributed by atoms with Crippen molar-refractivity contribution in [2.24, 2.45) is 0 Å². The van der Waals surface area contributed by atoms with Gasteiger partial charge in [0.15, 0.2) is 11.3 Å². The van der Waals surface area contributed by atoms with Gasteiger partial charge in [0.25, 0.3) is 0 Å². The van der Waals surface area contributed by atoms with E-state index in [1.54, 1.807) is 13.8 Å². The van der Waals surface area contributed by atoms with Crippen LogP contribution in [0.3, 0.4) is 0 Å². The van der Waals surface area contributed by atoms with E-state index >= 15 is 0 Å². The number of fused-ring (bicyclic) bond motifs is 1. The van der Waals surface area contributed by atoms with Gasteiger partial charge in [-0.15, -0.1) is 0 Å². The number of aromatic amines is 1. The van der Waals surface area contributed by atoms with Crippen molar-refractivity contribution in [2.45, 2.75) is 20.0 Å². The van der Waals surface area contributed by atoms with Gasteiger partial charge in [-0.3, -0.25) is 0 Å². The average molecular weight is 216 g/mol. The minimum atomic E-state index is -4.50. The molecule has 2 aromatic heterocycles. The van der Waals surface area contributed by atoms with Gasteiger partial charge >= 0.3 is 6.18 Å². The Kier molecular flexibility index (Phi) is 1.92. The largest absolute Gasteiger partial charge is 0.449 e. The molecule has 2 rings (SSSR count). The van der Waals surface area contributed by atoms with Gasteiger partial charge in [0.05, 0.1) is 11.4 Å². The maximum Gasteiger partial charge on any atom is 0.449 e. The number of nitrogens with one attached hydrogen (secondary N) is 1. The first-order valence-corrected chi connectivity index (χ1v) is 4.16. The quantitative estimate of drug-likeness (QED) is 0.732. The molecule has 1 N–H and O–H groups in total. The van der Waals surface area contributed by atoms with Crippen molar-refractivity contribution in [1.82, 2.24) is 19.9 Å². The number of halogens is 3. The molecule has 15 heavy (non-hydrogen) atoms. The maximum absolute atomic E-state index is 12.3. The molecule has 2 heterocycles. The third-order valence-corrected chi connectivity index (χ3v) is 2.01. The van der Waals surface area contributed by atoms with Gasteiger partial charge in [-0.25, -0.2) is 15.0 Å². The summed E-state index contributed by atoms with van der Waals surface area (Å²) in [7, 11) is 0. The second kappa shape index (κ2) is 2.91. The predicted octanol–water partition coefficient (Wildman–Crippen LogP) is 1.99. The lowest BCUT2D eigenvalue weighted by Crippen LogP contribution is -2.06. The number of rotatable bonds is 0. The first-order chi connectivity index (χ1) is 6.88. The molecule has 0 spiro atoms. The van der Waals surface area contributed by atoms with E-state index in [-0.39, 0.29) is 11.3 Å². The summed E-state index contributed by atoms with van der Waals surface area (Å²) in [6.45, 7) is 3.35. The Bertz CT molecular complexity index is 475. The highest BCUT2D eigenvalue weighted by Crippen LogP contribution is 2.27. The van der Waals surface area contributed by atoms with Crippen molar-refractivity contribution in [2.75, 3.05) is 0 Å². The summed E-state index contributed by atoms with van der Waals surface area (Å²) in [5.41, 5.74) is 1.21. The minimum Gasteiger partial charge on any atom is -0.318 e. The van der Waals surface area contributed by atoms with Crippen LogP contribution >= 0.6 is 0 Å². The molecule has 0 aliphatic heterocycles. The first kappa shape index (κ1) is 9.88. The molecule has 0 aromatic carbocycles. The van der Waals surface area contributed by atoms with Crippen molar-refractivity contribution >= 4 is 11.3 Å². The molecule has 0 unspecified atom stereocenters. The molecule has 0 aliphatic carbocycles. The normalized spacial score (nSPS) is 12.3. The van der Waals surface area contributed by atoms with E-state index in [1.165, 1.54) is 0 Å². The molecule has 4 nitrogen and oxygen atoms in total. The topological polar surface area (TPSA) is 54.5 Å². The van der Waals surface area contributed by atoms with E-state index in [4.69, 9.17) is 0 Å². The van der Waals surface area contributed by atoms with Crippen molar-refractivity contribution in [3.05, 3.63) is 17.2 Å². The summed E-state index contributed by atoms with van der Waals surface area (Å²) >= 11 is 0. The number of aryl methyl sites for hydroxylation is 2. The van der Waals surface area contributed by atoms with Crippen LogP contribution in [0.5, 0.6) is 0 Å². The van der Waals surface area contributed by atoms with Crippen LogP contribution < -0.4 is 0 Å². The fourth-order valence-corrected chi connectivity index (χ4v) is 1.13. The zero-order valence-electron chi connectivity index (χ0n) is 7.98. The van der Waals surface area contributed by atoms with Crippen LogP contribution in [0.25, 0.3) is 11.3 Å². The second-order valence-corrected chi connectivity index (χ2v) is 3.15. The third kappa shape index (κ3) is 1.64. The van der Waals surface area contributed by atoms with Gasteiger partial charge in [0.2, 0.25) is 5.82 Å². The van der Waals surface area contributed by atoms with Crippen LogP contribution in [0.1, 0.15) is 17.2 Å². The molecule has 7 heteroatoms. The molecule has 0 saturated carbocycles. The van der Waals surface area contributed by atoms with Crippen molar-refractivity contribution < 1.29 is 13.2 Å². The highest BCUT2D eigenvalue weighted by atomic mass is 19.4. The monoisotopic (exact) mass is 216 g/mol. The van der Waals surface area contributed by atoms with E-state index in [0.717, 1.165) is 0 Å². The number of alkyl halides is 3. The Hall–Kier alpha value is -1.66. The molecule has 2 aromatic rings. The van der Waals surface area contributed by atoms with Gasteiger partial charge in [-0.2, -0.15) is 13.2 Å². The van der Waals surface area contributed by atoms with E-state index in [0.29, 0.717) is 11.4 Å². The molecular formula is C8H7F3N4. The summed E-state index contributed by atoms with van der Waals surface area (Å²) < 4.78 is 36.8. The highest BCUT2D eigenvalue weighted by Gasteiger charge is 2.35. The molecule has 0 saturated heterocycles. The Balaban J connectivity index is 2.66. The van der Waals surface area contributed by atoms with E-state index in [1.807, 2.05) is 0 Å². The number of hydrogen-bond donors (Lipinski definition) is 1. The summed E-state index contributed by atoms with van der Waals surface area (Å²) in [6.07, 6.45) is -4.50. The molecule has 0 aliphatic rings. The number of nitrogens with zero attached hydrogens (tertiary/aromatic N) is 3. The number of imidazole rings is 1. The smallest absolute Gasteiger partial charge is 0.318 e. The Labute approximate surface area is 82.6 Å². The van der Waals surface area contributed by atoms with Crippen LogP contribution in [0, 0.1) is 13.8 Å². The number of aromatic nitrogens is 4. The lowest BCUT2D eigenvalue weighted by Gasteiger charge is -1.98. The van der Waals surface area contributed by atoms with Gasteiger partial charge in [0, 0.05) is 0 Å². The van der Waals surface area contributed by atoms with Gasteiger partial charge in [-0.1, -0.05) is 0 Å². The van der Waals surface area contributed by atoms with Crippen molar-refractivity contribution in [3.8, 4) is 0 Å². The SMILES string of the molecule is Cc1nc2nc(C(F)(F)F)[nH]c2nc1C. The lowest BCUT2D eigenvalue weighted by atomic mass is 10.3. The van der Waals surface area contributed by atoms with Crippen molar-refractivity contribution in [3.63, 3.8) is 0 Å². The van der Waals surface area contributed by atoms with Gasteiger partial charge < -0.3 is 4.98 Å². The molecule has 0 amide bonds. The lowest BCUT2D eigenvalue weighted by molar-refractivity contribution is -0.144. The fraction of sp³-hybridized carbons (Fsp3) is 0.375. The number of H-pyrrole nitrogens is 1.